The van der Waals surface area contributed by atoms with Crippen LogP contribution in [0.5, 0.6) is 0 Å². The van der Waals surface area contributed by atoms with E-state index in [1.165, 1.54) is 4.90 Å². The molecule has 0 bridgehead atoms. The van der Waals surface area contributed by atoms with Crippen LogP contribution in [0, 0.1) is 0 Å². The quantitative estimate of drug-likeness (QED) is 0.792. The van der Waals surface area contributed by atoms with Crippen LogP contribution >= 0.6 is 0 Å². The number of carboxylic acid groups (broad SMARTS) is 2. The summed E-state index contributed by atoms with van der Waals surface area (Å²) in [6.07, 6.45) is 1.58. The molecule has 0 aromatic carbocycles. The molecule has 19 heavy (non-hydrogen) atoms. The third-order valence-electron chi connectivity index (χ3n) is 2.37. The van der Waals surface area contributed by atoms with Gasteiger partial charge in [-0.05, 0) is 0 Å². The summed E-state index contributed by atoms with van der Waals surface area (Å²) in [5, 5.41) is 17.4. The van der Waals surface area contributed by atoms with Gasteiger partial charge in [-0.3, -0.25) is 14.5 Å². The molecule has 0 unspecified atom stereocenters. The first-order valence-corrected chi connectivity index (χ1v) is 5.79. The first-order valence-electron chi connectivity index (χ1n) is 5.79. The van der Waals surface area contributed by atoms with E-state index < -0.39 is 11.9 Å². The van der Waals surface area contributed by atoms with E-state index in [9.17, 15) is 9.59 Å². The fraction of sp³-hybridized carbons (Fsp3) is 0.583. The lowest BCUT2D eigenvalue weighted by molar-refractivity contribution is -0.142. The highest BCUT2D eigenvalue weighted by Crippen LogP contribution is 2.23. The van der Waals surface area contributed by atoms with Gasteiger partial charge in [-0.15, -0.1) is 0 Å². The number of nitrogens with zero attached hydrogens (tertiary/aromatic N) is 2. The maximum Gasteiger partial charge on any atom is 0.317 e. The predicted molar refractivity (Wildman–Crippen MR) is 65.8 cm³/mol. The van der Waals surface area contributed by atoms with Crippen LogP contribution in [0.1, 0.15) is 32.4 Å². The van der Waals surface area contributed by atoms with Gasteiger partial charge in [-0.1, -0.05) is 20.8 Å². The zero-order valence-electron chi connectivity index (χ0n) is 11.2. The molecule has 0 saturated carbocycles. The molecule has 0 radical (unpaired) electrons. The minimum Gasteiger partial charge on any atom is -0.480 e. The highest BCUT2D eigenvalue weighted by Gasteiger charge is 2.21. The molecule has 0 atom stereocenters. The molecule has 7 heteroatoms. The van der Waals surface area contributed by atoms with Gasteiger partial charge >= 0.3 is 11.9 Å². The molecule has 1 heterocycles. The van der Waals surface area contributed by atoms with Gasteiger partial charge in [0.1, 0.15) is 5.76 Å². The summed E-state index contributed by atoms with van der Waals surface area (Å²) in [6.45, 7) is 5.18. The Balaban J connectivity index is 2.75. The van der Waals surface area contributed by atoms with Gasteiger partial charge in [0, 0.05) is 5.41 Å². The molecule has 0 aliphatic rings. The van der Waals surface area contributed by atoms with Crippen molar-refractivity contribution in [2.24, 2.45) is 0 Å². The fourth-order valence-corrected chi connectivity index (χ4v) is 1.47. The Hall–Kier alpha value is -1.89. The molecule has 2 N–H and O–H groups in total. The molecule has 106 valence electrons. The van der Waals surface area contributed by atoms with Crippen LogP contribution in [0.15, 0.2) is 10.6 Å². The second-order valence-corrected chi connectivity index (χ2v) is 5.30. The Kier molecular flexibility index (Phi) is 4.66. The topological polar surface area (TPSA) is 104 Å². The molecule has 0 fully saturated rings. The molecule has 0 aliphatic carbocycles. The summed E-state index contributed by atoms with van der Waals surface area (Å²) < 4.78 is 5.50. The second kappa shape index (κ2) is 5.83. The number of carbonyl (C=O) groups is 2. The van der Waals surface area contributed by atoms with Crippen molar-refractivity contribution in [3.8, 4) is 0 Å². The molecule has 0 amide bonds. The summed E-state index contributed by atoms with van der Waals surface area (Å²) >= 11 is 0. The molecular formula is C12H18N2O5. The SMILES string of the molecule is CC(C)(C)c1cnc(CN(CC(=O)O)CC(=O)O)o1. The van der Waals surface area contributed by atoms with Crippen LogP contribution in [-0.4, -0.2) is 45.1 Å². The number of hydrogen-bond donors (Lipinski definition) is 2. The van der Waals surface area contributed by atoms with Gasteiger partial charge in [0.15, 0.2) is 0 Å². The van der Waals surface area contributed by atoms with Gasteiger partial charge < -0.3 is 14.6 Å². The van der Waals surface area contributed by atoms with E-state index in [0.717, 1.165) is 0 Å². The summed E-state index contributed by atoms with van der Waals surface area (Å²) in [5.74, 6) is -1.20. The van der Waals surface area contributed by atoms with Crippen LogP contribution in [0.4, 0.5) is 0 Å². The molecule has 0 aliphatic heterocycles. The highest BCUT2D eigenvalue weighted by atomic mass is 16.4. The minimum atomic E-state index is -1.09. The molecule has 1 aromatic rings. The van der Waals surface area contributed by atoms with E-state index in [-0.39, 0.29) is 25.0 Å². The summed E-state index contributed by atoms with van der Waals surface area (Å²) in [6, 6.07) is 0. The van der Waals surface area contributed by atoms with Crippen molar-refractivity contribution in [2.45, 2.75) is 32.7 Å². The molecule has 1 rings (SSSR count). The average Bonchev–Trinajstić information content (AvgIpc) is 2.62. The van der Waals surface area contributed by atoms with E-state index >= 15 is 0 Å². The molecule has 0 spiro atoms. The fourth-order valence-electron chi connectivity index (χ4n) is 1.47. The van der Waals surface area contributed by atoms with Crippen LogP contribution < -0.4 is 0 Å². The summed E-state index contributed by atoms with van der Waals surface area (Å²) in [4.78, 5) is 26.6. The van der Waals surface area contributed by atoms with E-state index in [2.05, 4.69) is 4.98 Å². The van der Waals surface area contributed by atoms with Crippen LogP contribution in [0.3, 0.4) is 0 Å². The minimum absolute atomic E-state index is 0.0503. The number of aromatic nitrogens is 1. The van der Waals surface area contributed by atoms with Crippen molar-refractivity contribution in [1.82, 2.24) is 9.88 Å². The Morgan fingerprint density at radius 3 is 2.16 bits per heavy atom. The first-order chi connectivity index (χ1) is 8.68. The number of rotatable bonds is 6. The molecule has 7 nitrogen and oxygen atoms in total. The van der Waals surface area contributed by atoms with Crippen molar-refractivity contribution in [1.29, 1.82) is 0 Å². The Labute approximate surface area is 110 Å². The van der Waals surface area contributed by atoms with Crippen molar-refractivity contribution in [2.75, 3.05) is 13.1 Å². The van der Waals surface area contributed by atoms with E-state index in [4.69, 9.17) is 14.6 Å². The predicted octanol–water partition coefficient (Wildman–Crippen LogP) is 0.943. The molecular weight excluding hydrogens is 252 g/mol. The largest absolute Gasteiger partial charge is 0.480 e. The summed E-state index contributed by atoms with van der Waals surface area (Å²) in [7, 11) is 0. The lowest BCUT2D eigenvalue weighted by Crippen LogP contribution is -2.34. The number of oxazole rings is 1. The lowest BCUT2D eigenvalue weighted by atomic mass is 9.94. The van der Waals surface area contributed by atoms with Crippen molar-refractivity contribution >= 4 is 11.9 Å². The van der Waals surface area contributed by atoms with Gasteiger partial charge in [-0.25, -0.2) is 4.98 Å². The molecule has 0 saturated heterocycles. The second-order valence-electron chi connectivity index (χ2n) is 5.30. The standard InChI is InChI=1S/C12H18N2O5/c1-12(2,3)8-4-13-9(19-8)5-14(6-10(15)16)7-11(17)18/h4H,5-7H2,1-3H3,(H,15,16)(H,17,18). The van der Waals surface area contributed by atoms with E-state index in [1.807, 2.05) is 20.8 Å². The monoisotopic (exact) mass is 270 g/mol. The number of aliphatic carboxylic acids is 2. The van der Waals surface area contributed by atoms with E-state index in [0.29, 0.717) is 11.7 Å². The first kappa shape index (κ1) is 15.2. The van der Waals surface area contributed by atoms with Crippen LogP contribution in [0.2, 0.25) is 0 Å². The zero-order valence-corrected chi connectivity index (χ0v) is 11.2. The average molecular weight is 270 g/mol. The van der Waals surface area contributed by atoms with Gasteiger partial charge in [-0.2, -0.15) is 0 Å². The maximum atomic E-state index is 10.7. The third-order valence-corrected chi connectivity index (χ3v) is 2.37. The van der Waals surface area contributed by atoms with Crippen LogP contribution in [-0.2, 0) is 21.5 Å². The third kappa shape index (κ3) is 5.09. The lowest BCUT2D eigenvalue weighted by Gasteiger charge is -2.16. The van der Waals surface area contributed by atoms with Crippen molar-refractivity contribution < 1.29 is 24.2 Å². The number of carboxylic acids is 2. The smallest absolute Gasteiger partial charge is 0.317 e. The Bertz CT molecular complexity index is 445. The Morgan fingerprint density at radius 2 is 1.79 bits per heavy atom. The van der Waals surface area contributed by atoms with Gasteiger partial charge in [0.05, 0.1) is 25.8 Å². The van der Waals surface area contributed by atoms with Crippen molar-refractivity contribution in [3.63, 3.8) is 0 Å². The Morgan fingerprint density at radius 1 is 1.26 bits per heavy atom. The van der Waals surface area contributed by atoms with Crippen LogP contribution in [0.25, 0.3) is 0 Å². The maximum absolute atomic E-state index is 10.7. The van der Waals surface area contributed by atoms with Crippen molar-refractivity contribution in [3.05, 3.63) is 17.8 Å². The van der Waals surface area contributed by atoms with Gasteiger partial charge in [0.2, 0.25) is 5.89 Å². The number of hydrogen-bond acceptors (Lipinski definition) is 5. The normalized spacial score (nSPS) is 11.8. The zero-order chi connectivity index (χ0) is 14.6. The van der Waals surface area contributed by atoms with Gasteiger partial charge in [0.25, 0.3) is 0 Å². The highest BCUT2D eigenvalue weighted by molar-refractivity contribution is 5.72. The van der Waals surface area contributed by atoms with E-state index in [1.54, 1.807) is 6.20 Å². The molecule has 1 aromatic heterocycles. The summed E-state index contributed by atoms with van der Waals surface area (Å²) in [5.41, 5.74) is -0.199.